The second-order valence-electron chi connectivity index (χ2n) is 5.03. The highest BCUT2D eigenvalue weighted by atomic mass is 79.9. The number of fused-ring (bicyclic) bond motifs is 1. The molecule has 1 aromatic heterocycles. The number of hydrogen-bond donors (Lipinski definition) is 1. The van der Waals surface area contributed by atoms with Crippen molar-refractivity contribution in [1.82, 2.24) is 14.9 Å². The second kappa shape index (κ2) is 5.74. The summed E-state index contributed by atoms with van der Waals surface area (Å²) < 4.78 is 2.94. The number of hydrogen-bond acceptors (Lipinski definition) is 2. The fourth-order valence-electron chi connectivity index (χ4n) is 2.24. The summed E-state index contributed by atoms with van der Waals surface area (Å²) in [4.78, 5) is 16.6. The molecule has 1 aliphatic rings. The maximum atomic E-state index is 12.0. The molecule has 1 aromatic carbocycles. The zero-order valence-corrected chi connectivity index (χ0v) is 13.2. The number of aromatic nitrogens is 2. The Balaban J connectivity index is 1.93. The Hall–Kier alpha value is -1.07. The first kappa shape index (κ1) is 13.9. The van der Waals surface area contributed by atoms with E-state index in [4.69, 9.17) is 11.6 Å². The van der Waals surface area contributed by atoms with Crippen molar-refractivity contribution in [3.63, 3.8) is 0 Å². The predicted molar refractivity (Wildman–Crippen MR) is 83.0 cm³/mol. The molecule has 1 aliphatic carbocycles. The minimum absolute atomic E-state index is 0.0441. The fourth-order valence-corrected chi connectivity index (χ4v) is 2.76. The third-order valence-corrected chi connectivity index (χ3v) is 4.03. The van der Waals surface area contributed by atoms with Crippen LogP contribution in [0.4, 0.5) is 0 Å². The molecule has 20 heavy (non-hydrogen) atoms. The average molecular weight is 357 g/mol. The van der Waals surface area contributed by atoms with Crippen molar-refractivity contribution in [2.75, 3.05) is 5.88 Å². The van der Waals surface area contributed by atoms with Crippen molar-refractivity contribution in [2.24, 2.45) is 0 Å². The van der Waals surface area contributed by atoms with E-state index in [0.717, 1.165) is 34.2 Å². The number of halogens is 2. The van der Waals surface area contributed by atoms with Crippen LogP contribution < -0.4 is 5.32 Å². The highest BCUT2D eigenvalue weighted by molar-refractivity contribution is 9.10. The van der Waals surface area contributed by atoms with Crippen molar-refractivity contribution in [3.05, 3.63) is 28.5 Å². The van der Waals surface area contributed by atoms with Gasteiger partial charge in [0.25, 0.3) is 0 Å². The molecule has 106 valence electrons. The van der Waals surface area contributed by atoms with Gasteiger partial charge < -0.3 is 9.88 Å². The minimum Gasteiger partial charge on any atom is -0.352 e. The van der Waals surface area contributed by atoms with E-state index in [-0.39, 0.29) is 5.91 Å². The van der Waals surface area contributed by atoms with Gasteiger partial charge in [-0.2, -0.15) is 0 Å². The monoisotopic (exact) mass is 355 g/mol. The lowest BCUT2D eigenvalue weighted by atomic mass is 10.3. The van der Waals surface area contributed by atoms with Gasteiger partial charge in [-0.3, -0.25) is 4.79 Å². The Morgan fingerprint density at radius 3 is 3.00 bits per heavy atom. The number of nitrogens with one attached hydrogen (secondary N) is 1. The number of benzene rings is 1. The Morgan fingerprint density at radius 1 is 1.50 bits per heavy atom. The van der Waals surface area contributed by atoms with E-state index in [1.807, 2.05) is 22.8 Å². The summed E-state index contributed by atoms with van der Waals surface area (Å²) in [6.45, 7) is 0.301. The summed E-state index contributed by atoms with van der Waals surface area (Å²) in [5.74, 6) is 1.40. The van der Waals surface area contributed by atoms with E-state index in [0.29, 0.717) is 24.9 Å². The Bertz CT molecular complexity index is 651. The Kier molecular flexibility index (Phi) is 3.98. The number of nitrogens with zero attached hydrogens (tertiary/aromatic N) is 2. The zero-order valence-electron chi connectivity index (χ0n) is 10.9. The van der Waals surface area contributed by atoms with Crippen LogP contribution in [0.3, 0.4) is 0 Å². The third-order valence-electron chi connectivity index (χ3n) is 3.35. The van der Waals surface area contributed by atoms with Crippen LogP contribution >= 0.6 is 27.5 Å². The second-order valence-corrected chi connectivity index (χ2v) is 6.32. The molecule has 0 unspecified atom stereocenters. The molecule has 0 aliphatic heterocycles. The van der Waals surface area contributed by atoms with Crippen molar-refractivity contribution in [2.45, 2.75) is 31.8 Å². The molecule has 0 radical (unpaired) electrons. The number of rotatable bonds is 5. The molecule has 1 saturated carbocycles. The number of aryl methyl sites for hydroxylation is 1. The van der Waals surface area contributed by atoms with Gasteiger partial charge in [0.05, 0.1) is 11.0 Å². The van der Waals surface area contributed by atoms with Crippen LogP contribution in [0.1, 0.15) is 18.7 Å². The van der Waals surface area contributed by atoms with Crippen molar-refractivity contribution in [1.29, 1.82) is 0 Å². The quantitative estimate of drug-likeness (QED) is 0.837. The third kappa shape index (κ3) is 2.99. The van der Waals surface area contributed by atoms with Crippen LogP contribution in [0.5, 0.6) is 0 Å². The molecular formula is C14H15BrClN3O. The first-order valence-electron chi connectivity index (χ1n) is 6.67. The lowest BCUT2D eigenvalue weighted by Gasteiger charge is -2.09. The lowest BCUT2D eigenvalue weighted by Crippen LogP contribution is -2.29. The maximum Gasteiger partial charge on any atom is 0.240 e. The first-order valence-corrected chi connectivity index (χ1v) is 8.00. The van der Waals surface area contributed by atoms with Gasteiger partial charge in [-0.1, -0.05) is 15.9 Å². The van der Waals surface area contributed by atoms with E-state index in [1.54, 1.807) is 0 Å². The van der Waals surface area contributed by atoms with Crippen molar-refractivity contribution >= 4 is 44.5 Å². The van der Waals surface area contributed by atoms with Crippen LogP contribution in [-0.2, 0) is 17.8 Å². The molecule has 0 spiro atoms. The number of amides is 1. The fraction of sp³-hybridized carbons (Fsp3) is 0.429. The normalized spacial score (nSPS) is 14.7. The highest BCUT2D eigenvalue weighted by Gasteiger charge is 2.24. The molecule has 1 heterocycles. The number of imidazole rings is 1. The van der Waals surface area contributed by atoms with Crippen LogP contribution in [0.2, 0.25) is 0 Å². The SMILES string of the molecule is O=C(Cn1c(CCCl)nc2ccc(Br)cc21)NC1CC1. The van der Waals surface area contributed by atoms with Gasteiger partial charge in [-0.05, 0) is 31.0 Å². The number of alkyl halides is 1. The summed E-state index contributed by atoms with van der Waals surface area (Å²) in [6.07, 6.45) is 2.84. The molecular weight excluding hydrogens is 342 g/mol. The van der Waals surface area contributed by atoms with E-state index in [9.17, 15) is 4.79 Å². The molecule has 1 fully saturated rings. The van der Waals surface area contributed by atoms with Crippen molar-refractivity contribution in [3.8, 4) is 0 Å². The predicted octanol–water partition coefficient (Wildman–Crippen LogP) is 2.86. The molecule has 1 amide bonds. The molecule has 1 N–H and O–H groups in total. The van der Waals surface area contributed by atoms with Gasteiger partial charge in [-0.25, -0.2) is 4.98 Å². The van der Waals surface area contributed by atoms with E-state index >= 15 is 0 Å². The summed E-state index contributed by atoms with van der Waals surface area (Å²) in [5.41, 5.74) is 1.86. The van der Waals surface area contributed by atoms with Crippen LogP contribution in [0.15, 0.2) is 22.7 Å². The van der Waals surface area contributed by atoms with E-state index in [1.165, 1.54) is 0 Å². The summed E-state index contributed by atoms with van der Waals surface area (Å²) >= 11 is 9.30. The largest absolute Gasteiger partial charge is 0.352 e. The van der Waals surface area contributed by atoms with Crippen LogP contribution in [0, 0.1) is 0 Å². The van der Waals surface area contributed by atoms with Crippen molar-refractivity contribution < 1.29 is 4.79 Å². The summed E-state index contributed by atoms with van der Waals surface area (Å²) in [5, 5.41) is 3.01. The minimum atomic E-state index is 0.0441. The molecule has 6 heteroatoms. The first-order chi connectivity index (χ1) is 9.67. The lowest BCUT2D eigenvalue weighted by molar-refractivity contribution is -0.121. The van der Waals surface area contributed by atoms with Gasteiger partial charge in [-0.15, -0.1) is 11.6 Å². The number of carbonyl (C=O) groups is 1. The van der Waals surface area contributed by atoms with Crippen LogP contribution in [0.25, 0.3) is 11.0 Å². The van der Waals surface area contributed by atoms with Gasteiger partial charge >= 0.3 is 0 Å². The molecule has 0 saturated heterocycles. The average Bonchev–Trinajstić information content (AvgIpc) is 3.15. The highest BCUT2D eigenvalue weighted by Crippen LogP contribution is 2.22. The van der Waals surface area contributed by atoms with E-state index < -0.39 is 0 Å². The Labute approximate surface area is 130 Å². The van der Waals surface area contributed by atoms with Gasteiger partial charge in [0.1, 0.15) is 12.4 Å². The molecule has 3 rings (SSSR count). The van der Waals surface area contributed by atoms with Crippen LogP contribution in [-0.4, -0.2) is 27.4 Å². The molecule has 2 aromatic rings. The summed E-state index contributed by atoms with van der Waals surface area (Å²) in [6, 6.07) is 6.27. The van der Waals surface area contributed by atoms with Gasteiger partial charge in [0, 0.05) is 22.8 Å². The number of carbonyl (C=O) groups excluding carboxylic acids is 1. The summed E-state index contributed by atoms with van der Waals surface area (Å²) in [7, 11) is 0. The Morgan fingerprint density at radius 2 is 2.30 bits per heavy atom. The molecule has 4 nitrogen and oxygen atoms in total. The molecule has 0 atom stereocenters. The van der Waals surface area contributed by atoms with Gasteiger partial charge in [0.15, 0.2) is 0 Å². The zero-order chi connectivity index (χ0) is 14.1. The van der Waals surface area contributed by atoms with E-state index in [2.05, 4.69) is 26.2 Å². The smallest absolute Gasteiger partial charge is 0.240 e. The molecule has 0 bridgehead atoms. The maximum absolute atomic E-state index is 12.0. The van der Waals surface area contributed by atoms with Gasteiger partial charge in [0.2, 0.25) is 5.91 Å². The standard InChI is InChI=1S/C14H15BrClN3O/c15-9-1-4-11-12(7-9)19(13(18-11)5-6-16)8-14(20)17-10-2-3-10/h1,4,7,10H,2-3,5-6,8H2,(H,17,20). The topological polar surface area (TPSA) is 46.9 Å².